The summed E-state index contributed by atoms with van der Waals surface area (Å²) in [5, 5.41) is 5.62. The fourth-order valence-electron chi connectivity index (χ4n) is 3.83. The van der Waals surface area contributed by atoms with Gasteiger partial charge in [0.05, 0.1) is 11.1 Å². The van der Waals surface area contributed by atoms with Crippen molar-refractivity contribution < 1.29 is 14.3 Å². The summed E-state index contributed by atoms with van der Waals surface area (Å²) in [6.45, 7) is 2.44. The van der Waals surface area contributed by atoms with Crippen LogP contribution in [0, 0.1) is 5.92 Å². The zero-order chi connectivity index (χ0) is 20.2. The fourth-order valence-corrected chi connectivity index (χ4v) is 4.54. The smallest absolute Gasteiger partial charge is 0.339 e. The maximum absolute atomic E-state index is 13.0. The molecule has 6 heteroatoms. The first-order valence-electron chi connectivity index (χ1n) is 9.98. The summed E-state index contributed by atoms with van der Waals surface area (Å²) < 4.78 is 5.41. The first-order valence-corrected chi connectivity index (χ1v) is 10.9. The highest BCUT2D eigenvalue weighted by Crippen LogP contribution is 2.31. The minimum Gasteiger partial charge on any atom is -0.452 e. The molecule has 1 N–H and O–H groups in total. The number of thiophene rings is 1. The zero-order valence-electron chi connectivity index (χ0n) is 16.4. The number of hydrogen-bond donors (Lipinski definition) is 1. The summed E-state index contributed by atoms with van der Waals surface area (Å²) in [6, 6.07) is 11.7. The Labute approximate surface area is 174 Å². The van der Waals surface area contributed by atoms with E-state index in [4.69, 9.17) is 9.72 Å². The summed E-state index contributed by atoms with van der Waals surface area (Å²) in [4.78, 5) is 31.1. The highest BCUT2D eigenvalue weighted by atomic mass is 32.1. The van der Waals surface area contributed by atoms with Gasteiger partial charge in [-0.1, -0.05) is 31.2 Å². The van der Waals surface area contributed by atoms with Gasteiger partial charge in [0.1, 0.15) is 0 Å². The standard InChI is InChI=1S/C23H24N2O3S/c1-15-8-9-20-18(13-15)22(17-6-2-3-7-19(17)25-20)23(27)28-14-21(26)24-11-10-16-5-4-12-29-16/h2-7,12,15H,8-11,13-14H2,1H3,(H,24,26)/t15-/m0/s1. The molecule has 0 unspecified atom stereocenters. The van der Waals surface area contributed by atoms with Crippen molar-refractivity contribution in [1.82, 2.24) is 10.3 Å². The van der Waals surface area contributed by atoms with Gasteiger partial charge in [0, 0.05) is 22.5 Å². The number of amides is 1. The number of rotatable bonds is 6. The molecule has 0 spiro atoms. The van der Waals surface area contributed by atoms with E-state index < -0.39 is 5.97 Å². The highest BCUT2D eigenvalue weighted by Gasteiger charge is 2.26. The number of nitrogens with one attached hydrogen (secondary N) is 1. The Kier molecular flexibility index (Phi) is 5.90. The molecular formula is C23H24N2O3S. The molecular weight excluding hydrogens is 384 g/mol. The number of nitrogens with zero attached hydrogens (tertiary/aromatic N) is 1. The number of aryl methyl sites for hydroxylation is 1. The van der Waals surface area contributed by atoms with Crippen molar-refractivity contribution in [3.8, 4) is 0 Å². The van der Waals surface area contributed by atoms with E-state index in [9.17, 15) is 9.59 Å². The van der Waals surface area contributed by atoms with Crippen molar-refractivity contribution in [2.24, 2.45) is 5.92 Å². The predicted octanol–water partition coefficient (Wildman–Crippen LogP) is 3.94. The number of pyridine rings is 1. The average Bonchev–Trinajstić information content (AvgIpc) is 3.24. The molecule has 1 aliphatic carbocycles. The summed E-state index contributed by atoms with van der Waals surface area (Å²) in [7, 11) is 0. The molecule has 5 nitrogen and oxygen atoms in total. The second-order valence-corrected chi connectivity index (χ2v) is 8.56. The van der Waals surface area contributed by atoms with Gasteiger partial charge in [-0.25, -0.2) is 4.79 Å². The highest BCUT2D eigenvalue weighted by molar-refractivity contribution is 7.09. The van der Waals surface area contributed by atoms with E-state index in [2.05, 4.69) is 12.2 Å². The van der Waals surface area contributed by atoms with Crippen LogP contribution in [0.5, 0.6) is 0 Å². The molecule has 0 bridgehead atoms. The van der Waals surface area contributed by atoms with E-state index in [1.54, 1.807) is 11.3 Å². The van der Waals surface area contributed by atoms with Crippen LogP contribution in [0.3, 0.4) is 0 Å². The van der Waals surface area contributed by atoms with Crippen molar-refractivity contribution in [2.45, 2.75) is 32.6 Å². The van der Waals surface area contributed by atoms with Gasteiger partial charge in [0.2, 0.25) is 0 Å². The lowest BCUT2D eigenvalue weighted by atomic mass is 9.84. The number of fused-ring (bicyclic) bond motifs is 2. The molecule has 2 aromatic heterocycles. The predicted molar refractivity (Wildman–Crippen MR) is 114 cm³/mol. The Morgan fingerprint density at radius 2 is 2.10 bits per heavy atom. The van der Waals surface area contributed by atoms with E-state index in [-0.39, 0.29) is 12.5 Å². The van der Waals surface area contributed by atoms with Gasteiger partial charge >= 0.3 is 5.97 Å². The molecule has 150 valence electrons. The number of esters is 1. The second-order valence-electron chi connectivity index (χ2n) is 7.53. The molecule has 1 aliphatic rings. The Morgan fingerprint density at radius 3 is 2.93 bits per heavy atom. The summed E-state index contributed by atoms with van der Waals surface area (Å²) in [5.74, 6) is -0.226. The maximum atomic E-state index is 13.0. The topological polar surface area (TPSA) is 68.3 Å². The van der Waals surface area contributed by atoms with Crippen LogP contribution in [0.1, 0.15) is 39.8 Å². The van der Waals surface area contributed by atoms with Gasteiger partial charge in [-0.3, -0.25) is 9.78 Å². The summed E-state index contributed by atoms with van der Waals surface area (Å²) >= 11 is 1.66. The molecule has 4 rings (SSSR count). The van der Waals surface area contributed by atoms with Crippen LogP contribution in [0.25, 0.3) is 10.9 Å². The van der Waals surface area contributed by atoms with Gasteiger partial charge in [0.15, 0.2) is 6.61 Å². The van der Waals surface area contributed by atoms with Crippen molar-refractivity contribution >= 4 is 34.1 Å². The summed E-state index contributed by atoms with van der Waals surface area (Å²) in [6.07, 6.45) is 3.52. The molecule has 0 fully saturated rings. The third-order valence-corrected chi connectivity index (χ3v) is 6.25. The Hall–Kier alpha value is -2.73. The third-order valence-electron chi connectivity index (χ3n) is 5.32. The van der Waals surface area contributed by atoms with Gasteiger partial charge in [0.25, 0.3) is 5.91 Å². The summed E-state index contributed by atoms with van der Waals surface area (Å²) in [5.41, 5.74) is 3.33. The van der Waals surface area contributed by atoms with Crippen LogP contribution < -0.4 is 5.32 Å². The average molecular weight is 409 g/mol. The van der Waals surface area contributed by atoms with E-state index in [1.807, 2.05) is 41.8 Å². The first-order chi connectivity index (χ1) is 14.1. The normalized spacial score (nSPS) is 15.7. The van der Waals surface area contributed by atoms with Crippen molar-refractivity contribution in [1.29, 1.82) is 0 Å². The number of carbonyl (C=O) groups is 2. The molecule has 1 atom stereocenters. The lowest BCUT2D eigenvalue weighted by Gasteiger charge is -2.24. The molecule has 2 heterocycles. The Morgan fingerprint density at radius 1 is 1.24 bits per heavy atom. The molecule has 0 saturated carbocycles. The molecule has 3 aromatic rings. The SMILES string of the molecule is C[C@H]1CCc2nc3ccccc3c(C(=O)OCC(=O)NCCc3cccs3)c2C1. The minimum absolute atomic E-state index is 0.274. The van der Waals surface area contributed by atoms with Gasteiger partial charge in [-0.05, 0) is 54.7 Å². The third kappa shape index (κ3) is 4.48. The van der Waals surface area contributed by atoms with E-state index in [0.29, 0.717) is 18.0 Å². The number of aromatic nitrogens is 1. The maximum Gasteiger partial charge on any atom is 0.339 e. The van der Waals surface area contributed by atoms with Gasteiger partial charge in [-0.15, -0.1) is 11.3 Å². The molecule has 0 aliphatic heterocycles. The molecule has 1 aromatic carbocycles. The fraction of sp³-hybridized carbons (Fsp3) is 0.348. The largest absolute Gasteiger partial charge is 0.452 e. The number of ether oxygens (including phenoxy) is 1. The monoisotopic (exact) mass is 408 g/mol. The van der Waals surface area contributed by atoms with Crippen LogP contribution in [-0.4, -0.2) is 30.0 Å². The Bertz CT molecular complexity index is 1030. The second kappa shape index (κ2) is 8.74. The number of benzene rings is 1. The van der Waals surface area contributed by atoms with Crippen LogP contribution in [-0.2, 0) is 28.8 Å². The van der Waals surface area contributed by atoms with Crippen LogP contribution in [0.4, 0.5) is 0 Å². The van der Waals surface area contributed by atoms with Crippen molar-refractivity contribution in [3.63, 3.8) is 0 Å². The molecule has 0 radical (unpaired) electrons. The van der Waals surface area contributed by atoms with E-state index >= 15 is 0 Å². The van der Waals surface area contributed by atoms with Crippen LogP contribution in [0.15, 0.2) is 41.8 Å². The number of para-hydroxylation sites is 1. The van der Waals surface area contributed by atoms with Crippen LogP contribution in [0.2, 0.25) is 0 Å². The quantitative estimate of drug-likeness (QED) is 0.628. The van der Waals surface area contributed by atoms with Crippen molar-refractivity contribution in [2.75, 3.05) is 13.2 Å². The first kappa shape index (κ1) is 19.6. The molecule has 0 saturated heterocycles. The number of carbonyl (C=O) groups excluding carboxylic acids is 2. The molecule has 1 amide bonds. The lowest BCUT2D eigenvalue weighted by molar-refractivity contribution is -0.124. The molecule has 29 heavy (non-hydrogen) atoms. The van der Waals surface area contributed by atoms with E-state index in [0.717, 1.165) is 47.8 Å². The minimum atomic E-state index is -0.442. The lowest BCUT2D eigenvalue weighted by Crippen LogP contribution is -2.30. The Balaban J connectivity index is 1.46. The van der Waals surface area contributed by atoms with E-state index in [1.165, 1.54) is 4.88 Å². The van der Waals surface area contributed by atoms with Crippen LogP contribution >= 0.6 is 11.3 Å². The van der Waals surface area contributed by atoms with Crippen molar-refractivity contribution in [3.05, 3.63) is 63.5 Å². The van der Waals surface area contributed by atoms with Gasteiger partial charge in [-0.2, -0.15) is 0 Å². The number of hydrogen-bond acceptors (Lipinski definition) is 5. The zero-order valence-corrected chi connectivity index (χ0v) is 17.3. The van der Waals surface area contributed by atoms with Gasteiger partial charge < -0.3 is 10.1 Å².